The normalized spacial score (nSPS) is 12.3. The molecule has 15 heavy (non-hydrogen) atoms. The molecule has 0 saturated carbocycles. The van der Waals surface area contributed by atoms with Crippen LogP contribution in [0.2, 0.25) is 0 Å². The molecule has 3 nitrogen and oxygen atoms in total. The number of rotatable bonds is 3. The molecule has 2 aromatic heterocycles. The lowest BCUT2D eigenvalue weighted by molar-refractivity contribution is 0.719. The number of hydrogen-bond donors (Lipinski definition) is 1. The van der Waals surface area contributed by atoms with Gasteiger partial charge >= 0.3 is 0 Å². The first-order valence-electron chi connectivity index (χ1n) is 4.90. The summed E-state index contributed by atoms with van der Waals surface area (Å²) in [5.41, 5.74) is 8.39. The van der Waals surface area contributed by atoms with Crippen molar-refractivity contribution in [2.75, 3.05) is 0 Å². The van der Waals surface area contributed by atoms with Gasteiger partial charge in [-0.05, 0) is 41.8 Å². The highest BCUT2D eigenvalue weighted by Crippen LogP contribution is 2.14. The Morgan fingerprint density at radius 2 is 1.47 bits per heavy atom. The van der Waals surface area contributed by atoms with Crippen LogP contribution in [0.1, 0.15) is 17.2 Å². The Labute approximate surface area is 89.0 Å². The average molecular weight is 199 g/mol. The smallest absolute Gasteiger partial charge is 0.0336 e. The second-order valence-corrected chi connectivity index (χ2v) is 3.45. The van der Waals surface area contributed by atoms with Crippen LogP contribution in [0.3, 0.4) is 0 Å². The summed E-state index contributed by atoms with van der Waals surface area (Å²) < 4.78 is 0. The van der Waals surface area contributed by atoms with Gasteiger partial charge in [0.15, 0.2) is 0 Å². The first kappa shape index (κ1) is 9.80. The molecule has 0 unspecified atom stereocenters. The van der Waals surface area contributed by atoms with E-state index in [0.717, 1.165) is 12.0 Å². The number of nitrogens with two attached hydrogens (primary N) is 1. The molecule has 2 heterocycles. The van der Waals surface area contributed by atoms with E-state index >= 15 is 0 Å². The van der Waals surface area contributed by atoms with Crippen LogP contribution in [0.15, 0.2) is 49.1 Å². The van der Waals surface area contributed by atoms with Gasteiger partial charge in [0.2, 0.25) is 0 Å². The van der Waals surface area contributed by atoms with Gasteiger partial charge in [-0.1, -0.05) is 0 Å². The maximum Gasteiger partial charge on any atom is 0.0336 e. The second-order valence-electron chi connectivity index (χ2n) is 3.45. The lowest BCUT2D eigenvalue weighted by Crippen LogP contribution is -2.13. The first-order valence-corrected chi connectivity index (χ1v) is 4.90. The molecule has 2 rings (SSSR count). The van der Waals surface area contributed by atoms with Crippen molar-refractivity contribution in [1.29, 1.82) is 0 Å². The average Bonchev–Trinajstić information content (AvgIpc) is 2.31. The van der Waals surface area contributed by atoms with Gasteiger partial charge in [-0.2, -0.15) is 0 Å². The van der Waals surface area contributed by atoms with E-state index in [1.54, 1.807) is 24.8 Å². The Balaban J connectivity index is 2.08. The van der Waals surface area contributed by atoms with Crippen LogP contribution in [-0.4, -0.2) is 9.97 Å². The molecule has 0 radical (unpaired) electrons. The summed E-state index contributed by atoms with van der Waals surface area (Å²) in [4.78, 5) is 7.94. The van der Waals surface area contributed by atoms with Crippen molar-refractivity contribution < 1.29 is 0 Å². The van der Waals surface area contributed by atoms with Gasteiger partial charge in [0.05, 0.1) is 0 Å². The maximum atomic E-state index is 6.08. The molecule has 0 aliphatic carbocycles. The molecule has 2 aromatic rings. The van der Waals surface area contributed by atoms with Crippen molar-refractivity contribution in [3.8, 4) is 0 Å². The predicted molar refractivity (Wildman–Crippen MR) is 59.1 cm³/mol. The van der Waals surface area contributed by atoms with Crippen molar-refractivity contribution in [2.24, 2.45) is 5.73 Å². The molecule has 0 spiro atoms. The molecular weight excluding hydrogens is 186 g/mol. The number of nitrogens with zero attached hydrogens (tertiary/aromatic N) is 2. The molecular formula is C12H13N3. The van der Waals surface area contributed by atoms with Gasteiger partial charge < -0.3 is 5.73 Å². The third-order valence-corrected chi connectivity index (χ3v) is 2.34. The fourth-order valence-corrected chi connectivity index (χ4v) is 1.50. The molecule has 0 saturated heterocycles. The number of hydrogen-bond acceptors (Lipinski definition) is 3. The van der Waals surface area contributed by atoms with Gasteiger partial charge in [0, 0.05) is 30.8 Å². The topological polar surface area (TPSA) is 51.8 Å². The monoisotopic (exact) mass is 199 g/mol. The van der Waals surface area contributed by atoms with Gasteiger partial charge in [-0.3, -0.25) is 9.97 Å². The molecule has 0 fully saturated rings. The van der Waals surface area contributed by atoms with Crippen LogP contribution in [0, 0.1) is 0 Å². The van der Waals surface area contributed by atoms with Crippen molar-refractivity contribution in [2.45, 2.75) is 12.5 Å². The SMILES string of the molecule is N[C@@H](Cc1ccncc1)c1ccncc1. The number of pyridine rings is 2. The van der Waals surface area contributed by atoms with Crippen LogP contribution in [0.5, 0.6) is 0 Å². The van der Waals surface area contributed by atoms with E-state index in [1.807, 2.05) is 24.3 Å². The Kier molecular flexibility index (Phi) is 3.05. The molecule has 2 N–H and O–H groups in total. The minimum absolute atomic E-state index is 0.0235. The van der Waals surface area contributed by atoms with Crippen molar-refractivity contribution >= 4 is 0 Å². The molecule has 0 aromatic carbocycles. The zero-order chi connectivity index (χ0) is 10.5. The third kappa shape index (κ3) is 2.60. The summed E-state index contributed by atoms with van der Waals surface area (Å²) in [5.74, 6) is 0. The maximum absolute atomic E-state index is 6.08. The molecule has 0 aliphatic rings. The van der Waals surface area contributed by atoms with Crippen LogP contribution >= 0.6 is 0 Å². The summed E-state index contributed by atoms with van der Waals surface area (Å²) in [5, 5.41) is 0. The van der Waals surface area contributed by atoms with E-state index in [-0.39, 0.29) is 6.04 Å². The number of aromatic nitrogens is 2. The molecule has 0 bridgehead atoms. The van der Waals surface area contributed by atoms with Crippen molar-refractivity contribution in [3.05, 3.63) is 60.2 Å². The van der Waals surface area contributed by atoms with E-state index in [0.29, 0.717) is 0 Å². The highest BCUT2D eigenvalue weighted by Gasteiger charge is 2.05. The Morgan fingerprint density at radius 3 is 2.07 bits per heavy atom. The second kappa shape index (κ2) is 4.66. The van der Waals surface area contributed by atoms with E-state index in [2.05, 4.69) is 9.97 Å². The standard InChI is InChI=1S/C12H13N3/c13-12(11-3-7-15-8-4-11)9-10-1-5-14-6-2-10/h1-8,12H,9,13H2/t12-/m0/s1. The van der Waals surface area contributed by atoms with E-state index < -0.39 is 0 Å². The minimum atomic E-state index is 0.0235. The van der Waals surface area contributed by atoms with Gasteiger partial charge in [-0.25, -0.2) is 0 Å². The molecule has 0 aliphatic heterocycles. The quantitative estimate of drug-likeness (QED) is 0.818. The van der Waals surface area contributed by atoms with Gasteiger partial charge in [-0.15, -0.1) is 0 Å². The van der Waals surface area contributed by atoms with Gasteiger partial charge in [0.1, 0.15) is 0 Å². The largest absolute Gasteiger partial charge is 0.324 e. The molecule has 3 heteroatoms. The zero-order valence-corrected chi connectivity index (χ0v) is 8.38. The highest BCUT2D eigenvalue weighted by molar-refractivity contribution is 5.19. The zero-order valence-electron chi connectivity index (χ0n) is 8.38. The van der Waals surface area contributed by atoms with Crippen LogP contribution < -0.4 is 5.73 Å². The lowest BCUT2D eigenvalue weighted by Gasteiger charge is -2.11. The summed E-state index contributed by atoms with van der Waals surface area (Å²) in [6.07, 6.45) is 7.93. The summed E-state index contributed by atoms with van der Waals surface area (Å²) in [7, 11) is 0. The predicted octanol–water partition coefficient (Wildman–Crippen LogP) is 1.72. The van der Waals surface area contributed by atoms with Gasteiger partial charge in [0.25, 0.3) is 0 Å². The van der Waals surface area contributed by atoms with Crippen molar-refractivity contribution in [1.82, 2.24) is 9.97 Å². The Hall–Kier alpha value is -1.74. The lowest BCUT2D eigenvalue weighted by atomic mass is 10.0. The minimum Gasteiger partial charge on any atom is -0.324 e. The van der Waals surface area contributed by atoms with Crippen molar-refractivity contribution in [3.63, 3.8) is 0 Å². The fraction of sp³-hybridized carbons (Fsp3) is 0.167. The summed E-state index contributed by atoms with van der Waals surface area (Å²) in [6, 6.07) is 7.90. The summed E-state index contributed by atoms with van der Waals surface area (Å²) >= 11 is 0. The fourth-order valence-electron chi connectivity index (χ4n) is 1.50. The third-order valence-electron chi connectivity index (χ3n) is 2.34. The molecule has 0 amide bonds. The van der Waals surface area contributed by atoms with Crippen LogP contribution in [0.25, 0.3) is 0 Å². The Morgan fingerprint density at radius 1 is 0.933 bits per heavy atom. The highest BCUT2D eigenvalue weighted by atomic mass is 14.7. The summed E-state index contributed by atoms with van der Waals surface area (Å²) in [6.45, 7) is 0. The van der Waals surface area contributed by atoms with E-state index in [9.17, 15) is 0 Å². The molecule has 76 valence electrons. The van der Waals surface area contributed by atoms with Crippen LogP contribution in [0.4, 0.5) is 0 Å². The van der Waals surface area contributed by atoms with E-state index in [1.165, 1.54) is 5.56 Å². The first-order chi connectivity index (χ1) is 7.36. The molecule has 1 atom stereocenters. The Bertz CT molecular complexity index is 400. The van der Waals surface area contributed by atoms with E-state index in [4.69, 9.17) is 5.73 Å². The van der Waals surface area contributed by atoms with Crippen LogP contribution in [-0.2, 0) is 6.42 Å².